The number of carbonyl (C=O) groups excluding carboxylic acids is 3. The molecule has 0 aromatic heterocycles. The third-order valence-corrected chi connectivity index (χ3v) is 13.0. The summed E-state index contributed by atoms with van der Waals surface area (Å²) in [6.45, 7) is 6.49. The molecule has 74 heavy (non-hydrogen) atoms. The molecular weight excluding hydrogens is 913 g/mol. The highest BCUT2D eigenvalue weighted by molar-refractivity contribution is 5.71. The molecule has 0 aromatic carbocycles. The van der Waals surface area contributed by atoms with Gasteiger partial charge in [-0.3, -0.25) is 14.4 Å². The van der Waals surface area contributed by atoms with E-state index in [-0.39, 0.29) is 37.5 Å². The van der Waals surface area contributed by atoms with E-state index in [1.54, 1.807) is 0 Å². The summed E-state index contributed by atoms with van der Waals surface area (Å²) in [5.41, 5.74) is 0. The summed E-state index contributed by atoms with van der Waals surface area (Å²) < 4.78 is 16.8. The van der Waals surface area contributed by atoms with Crippen LogP contribution in [0.4, 0.5) is 0 Å². The van der Waals surface area contributed by atoms with E-state index in [0.717, 1.165) is 103 Å². The molecular formula is C68H114O6. The number of hydrogen-bond donors (Lipinski definition) is 0. The van der Waals surface area contributed by atoms with Gasteiger partial charge in [-0.15, -0.1) is 0 Å². The standard InChI is InChI=1S/C68H114O6/c1-4-7-10-13-16-19-22-25-27-28-29-30-31-32-33-34-35-36-37-38-39-40-41-44-46-49-52-55-58-61-67(70)73-64-65(63-72-66(69)60-57-54-51-48-45-42-24-21-18-15-12-9-6-3)74-68(71)62-59-56-53-50-47-43-26-23-20-17-14-11-8-5-2/h7,10,16,19,25,27,29-30,32-33,35-36,38-39,41,44,49,52,65H,4-6,8-9,11-15,17-18,20-24,26,28,31,34,37,40,42-43,45-48,50-51,53-64H2,1-3H3/b10-7-,19-16-,27-25-,30-29-,33-32-,36-35-,39-38-,44-41-,52-49-. The summed E-state index contributed by atoms with van der Waals surface area (Å²) in [4.78, 5) is 38.2. The summed E-state index contributed by atoms with van der Waals surface area (Å²) >= 11 is 0. The highest BCUT2D eigenvalue weighted by Crippen LogP contribution is 2.16. The number of ether oxygens (including phenoxy) is 3. The molecule has 0 bridgehead atoms. The Morgan fingerprint density at radius 3 is 0.824 bits per heavy atom. The lowest BCUT2D eigenvalue weighted by molar-refractivity contribution is -0.167. The van der Waals surface area contributed by atoms with Crippen LogP contribution in [-0.2, 0) is 28.6 Å². The Morgan fingerprint density at radius 1 is 0.284 bits per heavy atom. The van der Waals surface area contributed by atoms with Crippen LogP contribution in [0.2, 0.25) is 0 Å². The molecule has 0 radical (unpaired) electrons. The fraction of sp³-hybridized carbons (Fsp3) is 0.691. The van der Waals surface area contributed by atoms with Crippen molar-refractivity contribution in [2.75, 3.05) is 13.2 Å². The second-order valence-corrected chi connectivity index (χ2v) is 20.2. The van der Waals surface area contributed by atoms with E-state index in [0.29, 0.717) is 19.3 Å². The quantitative estimate of drug-likeness (QED) is 0.0261. The van der Waals surface area contributed by atoms with Crippen LogP contribution in [0.15, 0.2) is 109 Å². The molecule has 1 unspecified atom stereocenters. The monoisotopic (exact) mass is 1030 g/mol. The molecule has 1 atom stereocenters. The molecule has 0 aliphatic rings. The van der Waals surface area contributed by atoms with Gasteiger partial charge in [-0.1, -0.05) is 291 Å². The zero-order valence-electron chi connectivity index (χ0n) is 48.3. The van der Waals surface area contributed by atoms with Crippen molar-refractivity contribution in [2.45, 2.75) is 290 Å². The Balaban J connectivity index is 4.39. The van der Waals surface area contributed by atoms with Gasteiger partial charge >= 0.3 is 17.9 Å². The number of rotatable bonds is 55. The van der Waals surface area contributed by atoms with Crippen molar-refractivity contribution < 1.29 is 28.6 Å². The summed E-state index contributed by atoms with van der Waals surface area (Å²) in [7, 11) is 0. The fourth-order valence-electron chi connectivity index (χ4n) is 8.44. The predicted octanol–water partition coefficient (Wildman–Crippen LogP) is 21.0. The van der Waals surface area contributed by atoms with E-state index in [2.05, 4.69) is 130 Å². The summed E-state index contributed by atoms with van der Waals surface area (Å²) in [5, 5.41) is 0. The van der Waals surface area contributed by atoms with Crippen LogP contribution in [0.25, 0.3) is 0 Å². The third kappa shape index (κ3) is 59.0. The Bertz CT molecular complexity index is 1510. The summed E-state index contributed by atoms with van der Waals surface area (Å²) in [6, 6.07) is 0. The fourth-order valence-corrected chi connectivity index (χ4v) is 8.44. The molecule has 0 fully saturated rings. The Labute approximate surface area is 457 Å². The molecule has 422 valence electrons. The lowest BCUT2D eigenvalue weighted by Crippen LogP contribution is -2.30. The van der Waals surface area contributed by atoms with Gasteiger partial charge in [0.1, 0.15) is 13.2 Å². The Hall–Kier alpha value is -3.93. The van der Waals surface area contributed by atoms with Crippen LogP contribution < -0.4 is 0 Å². The Morgan fingerprint density at radius 2 is 0.527 bits per heavy atom. The minimum atomic E-state index is -0.799. The average Bonchev–Trinajstić information content (AvgIpc) is 3.40. The van der Waals surface area contributed by atoms with Gasteiger partial charge < -0.3 is 14.2 Å². The first-order valence-corrected chi connectivity index (χ1v) is 30.9. The summed E-state index contributed by atoms with van der Waals surface area (Å²) in [6.07, 6.45) is 83.8. The van der Waals surface area contributed by atoms with E-state index in [9.17, 15) is 14.4 Å². The van der Waals surface area contributed by atoms with Crippen molar-refractivity contribution in [1.29, 1.82) is 0 Å². The Kier molecular flexibility index (Phi) is 58.3. The minimum absolute atomic E-state index is 0.0927. The maximum Gasteiger partial charge on any atom is 0.306 e. The smallest absolute Gasteiger partial charge is 0.306 e. The van der Waals surface area contributed by atoms with Crippen LogP contribution in [0, 0.1) is 0 Å². The molecule has 0 spiro atoms. The topological polar surface area (TPSA) is 78.9 Å². The van der Waals surface area contributed by atoms with Crippen molar-refractivity contribution in [2.24, 2.45) is 0 Å². The third-order valence-electron chi connectivity index (χ3n) is 13.0. The van der Waals surface area contributed by atoms with Gasteiger partial charge in [-0.05, 0) is 83.5 Å². The van der Waals surface area contributed by atoms with Gasteiger partial charge in [0.15, 0.2) is 6.10 Å². The maximum absolute atomic E-state index is 12.9. The van der Waals surface area contributed by atoms with Crippen molar-refractivity contribution >= 4 is 17.9 Å². The molecule has 0 aliphatic heterocycles. The van der Waals surface area contributed by atoms with E-state index in [4.69, 9.17) is 14.2 Å². The first kappa shape index (κ1) is 70.1. The molecule has 0 amide bonds. The highest BCUT2D eigenvalue weighted by Gasteiger charge is 2.19. The van der Waals surface area contributed by atoms with Gasteiger partial charge in [0, 0.05) is 19.3 Å². The van der Waals surface area contributed by atoms with Crippen molar-refractivity contribution in [3.8, 4) is 0 Å². The minimum Gasteiger partial charge on any atom is -0.462 e. The largest absolute Gasteiger partial charge is 0.462 e. The second kappa shape index (κ2) is 61.6. The number of allylic oxidation sites excluding steroid dienone is 18. The van der Waals surface area contributed by atoms with Gasteiger partial charge in [0.25, 0.3) is 0 Å². The normalized spacial score (nSPS) is 12.9. The number of esters is 3. The van der Waals surface area contributed by atoms with E-state index in [1.165, 1.54) is 135 Å². The highest BCUT2D eigenvalue weighted by atomic mass is 16.6. The van der Waals surface area contributed by atoms with Crippen LogP contribution in [0.5, 0.6) is 0 Å². The van der Waals surface area contributed by atoms with Crippen LogP contribution in [0.1, 0.15) is 284 Å². The maximum atomic E-state index is 12.9. The average molecular weight is 1030 g/mol. The van der Waals surface area contributed by atoms with Gasteiger partial charge in [0.05, 0.1) is 0 Å². The number of carbonyl (C=O) groups is 3. The zero-order valence-corrected chi connectivity index (χ0v) is 48.3. The lowest BCUT2D eigenvalue weighted by atomic mass is 10.0. The van der Waals surface area contributed by atoms with Crippen LogP contribution in [0.3, 0.4) is 0 Å². The first-order valence-electron chi connectivity index (χ1n) is 30.9. The number of hydrogen-bond acceptors (Lipinski definition) is 6. The molecule has 0 aliphatic carbocycles. The van der Waals surface area contributed by atoms with Crippen molar-refractivity contribution in [3.63, 3.8) is 0 Å². The number of unbranched alkanes of at least 4 members (excludes halogenated alkanes) is 26. The molecule has 6 heteroatoms. The predicted molar refractivity (Wildman–Crippen MR) is 320 cm³/mol. The molecule has 0 heterocycles. The first-order chi connectivity index (χ1) is 36.5. The molecule has 0 saturated heterocycles. The van der Waals surface area contributed by atoms with Crippen LogP contribution in [-0.4, -0.2) is 37.2 Å². The van der Waals surface area contributed by atoms with Crippen LogP contribution >= 0.6 is 0 Å². The molecule has 6 nitrogen and oxygen atoms in total. The molecule has 0 rings (SSSR count). The summed E-state index contributed by atoms with van der Waals surface area (Å²) in [5.74, 6) is -0.948. The molecule has 0 aromatic rings. The lowest BCUT2D eigenvalue weighted by Gasteiger charge is -2.18. The second-order valence-electron chi connectivity index (χ2n) is 20.2. The van der Waals surface area contributed by atoms with Crippen molar-refractivity contribution in [3.05, 3.63) is 109 Å². The van der Waals surface area contributed by atoms with Gasteiger partial charge in [0.2, 0.25) is 0 Å². The van der Waals surface area contributed by atoms with E-state index >= 15 is 0 Å². The molecule has 0 saturated carbocycles. The van der Waals surface area contributed by atoms with E-state index in [1.807, 2.05) is 0 Å². The van der Waals surface area contributed by atoms with E-state index < -0.39 is 6.10 Å². The molecule has 0 N–H and O–H groups in total. The van der Waals surface area contributed by atoms with Crippen molar-refractivity contribution in [1.82, 2.24) is 0 Å². The zero-order chi connectivity index (χ0) is 53.6. The SMILES string of the molecule is CC/C=C\C/C=C\C/C=C\C/C=C\C/C=C\C/C=C\C/C=C\C/C=C\C/C=C\CCCC(=O)OCC(COC(=O)CCCCCCCCCCCCCCC)OC(=O)CCCCCCCCCCCCCCCC. The van der Waals surface area contributed by atoms with Gasteiger partial charge in [-0.2, -0.15) is 0 Å². The van der Waals surface area contributed by atoms with Gasteiger partial charge in [-0.25, -0.2) is 0 Å².